The van der Waals surface area contributed by atoms with Crippen LogP contribution in [0.1, 0.15) is 24.2 Å². The van der Waals surface area contributed by atoms with Crippen molar-refractivity contribution in [2.75, 3.05) is 46.4 Å². The van der Waals surface area contributed by atoms with Crippen molar-refractivity contribution in [1.82, 2.24) is 30.2 Å². The van der Waals surface area contributed by atoms with E-state index in [4.69, 9.17) is 4.74 Å². The Morgan fingerprint density at radius 3 is 2.56 bits per heavy atom. The van der Waals surface area contributed by atoms with Crippen LogP contribution in [0, 0.1) is 0 Å². The lowest BCUT2D eigenvalue weighted by atomic mass is 10.2. The van der Waals surface area contributed by atoms with Crippen LogP contribution in [0.2, 0.25) is 0 Å². The highest BCUT2D eigenvalue weighted by atomic mass is 16.5. The summed E-state index contributed by atoms with van der Waals surface area (Å²) in [6.45, 7) is 8.06. The van der Waals surface area contributed by atoms with Crippen molar-refractivity contribution in [2.24, 2.45) is 7.05 Å². The highest BCUT2D eigenvalue weighted by Gasteiger charge is 2.25. The van der Waals surface area contributed by atoms with Crippen LogP contribution in [0.3, 0.4) is 0 Å². The number of aromatic nitrogens is 2. The number of hydrogen-bond acceptors (Lipinski definition) is 5. The molecule has 0 saturated carbocycles. The summed E-state index contributed by atoms with van der Waals surface area (Å²) >= 11 is 0. The minimum Gasteiger partial charge on any atom is -0.479 e. The first-order valence-corrected chi connectivity index (χ1v) is 8.54. The van der Waals surface area contributed by atoms with Gasteiger partial charge in [-0.3, -0.25) is 14.4 Å². The summed E-state index contributed by atoms with van der Waals surface area (Å²) in [5.41, 5.74) is 0.491. The first-order valence-electron chi connectivity index (χ1n) is 8.54. The molecule has 0 aromatic carbocycles. The van der Waals surface area contributed by atoms with Crippen molar-refractivity contribution in [1.29, 1.82) is 0 Å². The van der Waals surface area contributed by atoms with Gasteiger partial charge in [0.05, 0.1) is 7.11 Å². The maximum absolute atomic E-state index is 12.6. The van der Waals surface area contributed by atoms with Crippen LogP contribution in [0.15, 0.2) is 6.20 Å². The minimum absolute atomic E-state index is 0.0564. The third-order valence-corrected chi connectivity index (χ3v) is 4.01. The van der Waals surface area contributed by atoms with E-state index >= 15 is 0 Å². The van der Waals surface area contributed by atoms with Gasteiger partial charge in [-0.25, -0.2) is 4.79 Å². The van der Waals surface area contributed by atoms with E-state index in [2.05, 4.69) is 20.6 Å². The molecule has 0 atom stereocenters. The van der Waals surface area contributed by atoms with Crippen LogP contribution in [0.5, 0.6) is 5.88 Å². The first kappa shape index (κ1) is 19.0. The Bertz CT molecular complexity index is 593. The Labute approximate surface area is 148 Å². The molecule has 9 nitrogen and oxygen atoms in total. The van der Waals surface area contributed by atoms with Gasteiger partial charge in [-0.1, -0.05) is 0 Å². The summed E-state index contributed by atoms with van der Waals surface area (Å²) in [6.07, 6.45) is 1.69. The van der Waals surface area contributed by atoms with Gasteiger partial charge in [-0.15, -0.1) is 5.10 Å². The molecule has 0 bridgehead atoms. The number of amides is 3. The normalized spacial score (nSPS) is 15.3. The third kappa shape index (κ3) is 5.35. The predicted molar refractivity (Wildman–Crippen MR) is 93.8 cm³/mol. The van der Waals surface area contributed by atoms with Gasteiger partial charge in [0.1, 0.15) is 5.56 Å². The van der Waals surface area contributed by atoms with Gasteiger partial charge in [0.15, 0.2) is 0 Å². The van der Waals surface area contributed by atoms with Gasteiger partial charge in [0.2, 0.25) is 5.88 Å². The standard InChI is InChI=1S/C16H28N6O3/c1-12(2)18-16(24)17-5-6-21-7-9-22(10-8-21)15(23)13-11-20(3)19-14(13)25-4/h11-12H,5-10H2,1-4H3,(H2,17,18,24). The Hall–Kier alpha value is -2.29. The monoisotopic (exact) mass is 352 g/mol. The molecule has 0 aliphatic carbocycles. The average Bonchev–Trinajstić information content (AvgIpc) is 2.95. The zero-order valence-electron chi connectivity index (χ0n) is 15.4. The maximum atomic E-state index is 12.6. The predicted octanol–water partition coefficient (Wildman–Crippen LogP) is -0.106. The molecule has 140 valence electrons. The Balaban J connectivity index is 1.75. The lowest BCUT2D eigenvalue weighted by Crippen LogP contribution is -2.51. The number of piperazine rings is 1. The molecular formula is C16H28N6O3. The van der Waals surface area contributed by atoms with E-state index in [1.165, 1.54) is 7.11 Å². The maximum Gasteiger partial charge on any atom is 0.315 e. The number of rotatable bonds is 6. The summed E-state index contributed by atoms with van der Waals surface area (Å²) < 4.78 is 6.75. The number of carbonyl (C=O) groups is 2. The van der Waals surface area contributed by atoms with Gasteiger partial charge in [-0.05, 0) is 13.8 Å². The molecule has 2 rings (SSSR count). The van der Waals surface area contributed by atoms with Crippen molar-refractivity contribution in [3.8, 4) is 5.88 Å². The lowest BCUT2D eigenvalue weighted by molar-refractivity contribution is 0.0636. The second-order valence-corrected chi connectivity index (χ2v) is 6.41. The van der Waals surface area contributed by atoms with Crippen LogP contribution >= 0.6 is 0 Å². The summed E-state index contributed by atoms with van der Waals surface area (Å²) in [5.74, 6) is 0.300. The fourth-order valence-electron chi connectivity index (χ4n) is 2.75. The molecule has 0 spiro atoms. The highest BCUT2D eigenvalue weighted by molar-refractivity contribution is 5.96. The number of hydrogen-bond donors (Lipinski definition) is 2. The van der Waals surface area contributed by atoms with Crippen molar-refractivity contribution >= 4 is 11.9 Å². The second kappa shape index (κ2) is 8.70. The largest absolute Gasteiger partial charge is 0.479 e. The number of ether oxygens (including phenoxy) is 1. The molecule has 2 heterocycles. The second-order valence-electron chi connectivity index (χ2n) is 6.41. The molecule has 1 aliphatic heterocycles. The van der Waals surface area contributed by atoms with Crippen LogP contribution in [0.4, 0.5) is 4.79 Å². The van der Waals surface area contributed by atoms with Crippen LogP contribution in [-0.2, 0) is 7.05 Å². The topological polar surface area (TPSA) is 91.7 Å². The number of nitrogens with one attached hydrogen (secondary N) is 2. The van der Waals surface area contributed by atoms with E-state index in [-0.39, 0.29) is 18.0 Å². The number of aryl methyl sites for hydroxylation is 1. The van der Waals surface area contributed by atoms with Gasteiger partial charge in [-0.2, -0.15) is 0 Å². The smallest absolute Gasteiger partial charge is 0.315 e. The molecule has 0 radical (unpaired) electrons. The molecule has 1 aliphatic rings. The number of carbonyl (C=O) groups excluding carboxylic acids is 2. The molecule has 25 heavy (non-hydrogen) atoms. The zero-order valence-corrected chi connectivity index (χ0v) is 15.4. The van der Waals surface area contributed by atoms with E-state index in [1.807, 2.05) is 18.7 Å². The molecular weight excluding hydrogens is 324 g/mol. The third-order valence-electron chi connectivity index (χ3n) is 4.01. The summed E-state index contributed by atoms with van der Waals surface area (Å²) in [5, 5.41) is 9.76. The molecule has 1 aromatic rings. The number of nitrogens with zero attached hydrogens (tertiary/aromatic N) is 4. The lowest BCUT2D eigenvalue weighted by Gasteiger charge is -2.34. The first-order chi connectivity index (χ1) is 11.9. The fraction of sp³-hybridized carbons (Fsp3) is 0.688. The van der Waals surface area contributed by atoms with Gasteiger partial charge in [0, 0.05) is 58.6 Å². The Morgan fingerprint density at radius 2 is 1.96 bits per heavy atom. The van der Waals surface area contributed by atoms with Crippen molar-refractivity contribution in [2.45, 2.75) is 19.9 Å². The van der Waals surface area contributed by atoms with E-state index in [1.54, 1.807) is 17.9 Å². The molecule has 1 saturated heterocycles. The van der Waals surface area contributed by atoms with Gasteiger partial charge in [0.25, 0.3) is 5.91 Å². The molecule has 1 aromatic heterocycles. The van der Waals surface area contributed by atoms with Gasteiger partial charge < -0.3 is 20.3 Å². The van der Waals surface area contributed by atoms with E-state index in [0.717, 1.165) is 19.6 Å². The Morgan fingerprint density at radius 1 is 1.28 bits per heavy atom. The van der Waals surface area contributed by atoms with Crippen molar-refractivity contribution in [3.63, 3.8) is 0 Å². The van der Waals surface area contributed by atoms with Crippen LogP contribution in [0.25, 0.3) is 0 Å². The van der Waals surface area contributed by atoms with Crippen LogP contribution < -0.4 is 15.4 Å². The minimum atomic E-state index is -0.146. The molecule has 2 N–H and O–H groups in total. The molecule has 3 amide bonds. The summed E-state index contributed by atoms with van der Waals surface area (Å²) in [6, 6.07) is -0.0217. The number of methoxy groups -OCH3 is 1. The van der Waals surface area contributed by atoms with E-state index in [0.29, 0.717) is 31.1 Å². The molecule has 9 heteroatoms. The highest BCUT2D eigenvalue weighted by Crippen LogP contribution is 2.18. The number of urea groups is 1. The summed E-state index contributed by atoms with van der Waals surface area (Å²) in [7, 11) is 3.28. The molecule has 1 fully saturated rings. The van der Waals surface area contributed by atoms with Gasteiger partial charge >= 0.3 is 6.03 Å². The van der Waals surface area contributed by atoms with Crippen molar-refractivity contribution in [3.05, 3.63) is 11.8 Å². The quantitative estimate of drug-likeness (QED) is 0.746. The van der Waals surface area contributed by atoms with E-state index in [9.17, 15) is 9.59 Å². The zero-order chi connectivity index (χ0) is 18.4. The SMILES string of the molecule is COc1nn(C)cc1C(=O)N1CCN(CCNC(=O)NC(C)C)CC1. The Kier molecular flexibility index (Phi) is 6.63. The average molecular weight is 352 g/mol. The summed E-state index contributed by atoms with van der Waals surface area (Å²) in [4.78, 5) is 28.2. The van der Waals surface area contributed by atoms with Crippen LogP contribution in [-0.4, -0.2) is 83.9 Å². The van der Waals surface area contributed by atoms with Crippen molar-refractivity contribution < 1.29 is 14.3 Å². The fourth-order valence-corrected chi connectivity index (χ4v) is 2.75. The molecule has 0 unspecified atom stereocenters. The van der Waals surface area contributed by atoms with E-state index < -0.39 is 0 Å².